The SMILES string of the molecule is CC1(C)CC(=O)c2c(C(F)(F)F)nn(-c3ccc(C(N)=O)c(NC4CCOCC4)c3)c2C1. The lowest BCUT2D eigenvalue weighted by Gasteiger charge is -2.29. The molecular formula is C22H25F3N4O3. The first-order chi connectivity index (χ1) is 15.0. The summed E-state index contributed by atoms with van der Waals surface area (Å²) in [6.07, 6.45) is -3.03. The van der Waals surface area contributed by atoms with Gasteiger partial charge in [0.25, 0.3) is 5.91 Å². The van der Waals surface area contributed by atoms with Crippen LogP contribution in [0.5, 0.6) is 0 Å². The van der Waals surface area contributed by atoms with Crippen LogP contribution in [-0.4, -0.2) is 40.7 Å². The monoisotopic (exact) mass is 450 g/mol. The highest BCUT2D eigenvalue weighted by atomic mass is 19.4. The molecule has 1 saturated heterocycles. The number of alkyl halides is 3. The maximum Gasteiger partial charge on any atom is 0.435 e. The molecule has 4 rings (SSSR count). The maximum atomic E-state index is 13.7. The fourth-order valence-corrected chi connectivity index (χ4v) is 4.42. The average molecular weight is 450 g/mol. The molecule has 0 bridgehead atoms. The minimum Gasteiger partial charge on any atom is -0.381 e. The minimum absolute atomic E-state index is 0.0198. The van der Waals surface area contributed by atoms with Gasteiger partial charge in [0.15, 0.2) is 11.5 Å². The number of carbonyl (C=O) groups is 2. The van der Waals surface area contributed by atoms with Gasteiger partial charge < -0.3 is 15.8 Å². The predicted molar refractivity (Wildman–Crippen MR) is 111 cm³/mol. The van der Waals surface area contributed by atoms with E-state index in [1.54, 1.807) is 6.07 Å². The number of aromatic nitrogens is 2. The number of rotatable bonds is 4. The second-order valence-electron chi connectivity index (χ2n) is 9.15. The maximum absolute atomic E-state index is 13.7. The Bertz CT molecular complexity index is 1070. The minimum atomic E-state index is -4.76. The molecule has 0 unspecified atom stereocenters. The van der Waals surface area contributed by atoms with Crippen LogP contribution >= 0.6 is 0 Å². The third kappa shape index (κ3) is 4.23. The summed E-state index contributed by atoms with van der Waals surface area (Å²) in [7, 11) is 0. The summed E-state index contributed by atoms with van der Waals surface area (Å²) in [6, 6.07) is 4.57. The highest BCUT2D eigenvalue weighted by Crippen LogP contribution is 2.42. The number of nitrogens with two attached hydrogens (primary N) is 1. The number of benzene rings is 1. The molecule has 0 saturated carbocycles. The lowest BCUT2D eigenvalue weighted by molar-refractivity contribution is -0.141. The third-order valence-corrected chi connectivity index (χ3v) is 5.91. The zero-order valence-electron chi connectivity index (χ0n) is 17.9. The molecule has 1 aromatic carbocycles. The van der Waals surface area contributed by atoms with E-state index < -0.39 is 29.0 Å². The van der Waals surface area contributed by atoms with Crippen LogP contribution in [0.25, 0.3) is 5.69 Å². The van der Waals surface area contributed by atoms with E-state index in [0.29, 0.717) is 24.6 Å². The summed E-state index contributed by atoms with van der Waals surface area (Å²) in [6.45, 7) is 4.82. The van der Waals surface area contributed by atoms with Crippen molar-refractivity contribution in [2.45, 2.75) is 51.7 Å². The van der Waals surface area contributed by atoms with E-state index in [9.17, 15) is 22.8 Å². The summed E-state index contributed by atoms with van der Waals surface area (Å²) in [5.74, 6) is -1.22. The number of halogens is 3. The lowest BCUT2D eigenvalue weighted by atomic mass is 9.75. The summed E-state index contributed by atoms with van der Waals surface area (Å²) < 4.78 is 47.7. The van der Waals surface area contributed by atoms with E-state index in [1.165, 1.54) is 16.8 Å². The number of amides is 1. The molecule has 3 N–H and O–H groups in total. The molecule has 1 aromatic heterocycles. The molecule has 2 aromatic rings. The van der Waals surface area contributed by atoms with Crippen molar-refractivity contribution in [2.75, 3.05) is 18.5 Å². The summed E-state index contributed by atoms with van der Waals surface area (Å²) in [5.41, 5.74) is 4.67. The standard InChI is InChI=1S/C22H25F3N4O3/c1-21(2)10-16-18(17(30)11-21)19(22(23,24)25)28-29(16)13-3-4-14(20(26)31)15(9-13)27-12-5-7-32-8-6-12/h3-4,9,12,27H,5-8,10-11H2,1-2H3,(H2,26,31). The molecule has 0 atom stereocenters. The van der Waals surface area contributed by atoms with Crippen molar-refractivity contribution in [1.82, 2.24) is 9.78 Å². The fourth-order valence-electron chi connectivity index (χ4n) is 4.42. The number of carbonyl (C=O) groups excluding carboxylic acids is 2. The number of Topliss-reactive ketones (excluding diaryl/α,β-unsaturated/α-hetero) is 1. The van der Waals surface area contributed by atoms with E-state index in [1.807, 2.05) is 13.8 Å². The van der Waals surface area contributed by atoms with E-state index in [-0.39, 0.29) is 35.7 Å². The largest absolute Gasteiger partial charge is 0.435 e. The number of hydrogen-bond donors (Lipinski definition) is 2. The molecule has 1 amide bonds. The van der Waals surface area contributed by atoms with Crippen molar-refractivity contribution >= 4 is 17.4 Å². The van der Waals surface area contributed by atoms with Gasteiger partial charge in [-0.2, -0.15) is 18.3 Å². The van der Waals surface area contributed by atoms with Gasteiger partial charge in [-0.1, -0.05) is 13.8 Å². The highest BCUT2D eigenvalue weighted by molar-refractivity contribution is 6.00. The number of nitrogens with zero attached hydrogens (tertiary/aromatic N) is 2. The molecule has 2 aliphatic rings. The quantitative estimate of drug-likeness (QED) is 0.740. The van der Waals surface area contributed by atoms with Crippen LogP contribution in [0.3, 0.4) is 0 Å². The van der Waals surface area contributed by atoms with Crippen molar-refractivity contribution in [2.24, 2.45) is 11.1 Å². The van der Waals surface area contributed by atoms with Crippen LogP contribution in [0, 0.1) is 5.41 Å². The Morgan fingerprint density at radius 3 is 2.56 bits per heavy atom. The van der Waals surface area contributed by atoms with E-state index in [4.69, 9.17) is 10.5 Å². The van der Waals surface area contributed by atoms with Crippen molar-refractivity contribution in [3.63, 3.8) is 0 Å². The van der Waals surface area contributed by atoms with Gasteiger partial charge in [-0.15, -0.1) is 0 Å². The van der Waals surface area contributed by atoms with E-state index >= 15 is 0 Å². The van der Waals surface area contributed by atoms with Crippen LogP contribution in [0.2, 0.25) is 0 Å². The summed E-state index contributed by atoms with van der Waals surface area (Å²) in [4.78, 5) is 24.6. The van der Waals surface area contributed by atoms with Gasteiger partial charge in [0.1, 0.15) is 0 Å². The highest BCUT2D eigenvalue weighted by Gasteiger charge is 2.45. The van der Waals surface area contributed by atoms with Crippen molar-refractivity contribution in [3.8, 4) is 5.69 Å². The first kappa shape index (κ1) is 22.3. The number of ketones is 1. The Hall–Kier alpha value is -2.88. The van der Waals surface area contributed by atoms with E-state index in [2.05, 4.69) is 10.4 Å². The Morgan fingerprint density at radius 2 is 1.94 bits per heavy atom. The zero-order chi connectivity index (χ0) is 23.3. The second-order valence-corrected chi connectivity index (χ2v) is 9.15. The second kappa shape index (κ2) is 7.91. The van der Waals surface area contributed by atoms with Gasteiger partial charge >= 0.3 is 6.18 Å². The average Bonchev–Trinajstić information content (AvgIpc) is 3.07. The topological polar surface area (TPSA) is 99.2 Å². The van der Waals surface area contributed by atoms with Gasteiger partial charge in [-0.05, 0) is 42.9 Å². The van der Waals surface area contributed by atoms with Crippen LogP contribution in [0.1, 0.15) is 65.2 Å². The van der Waals surface area contributed by atoms with E-state index in [0.717, 1.165) is 12.8 Å². The van der Waals surface area contributed by atoms with Gasteiger partial charge in [0.05, 0.1) is 22.5 Å². The Labute approximate surface area is 183 Å². The zero-order valence-corrected chi connectivity index (χ0v) is 17.9. The normalized spacial score (nSPS) is 19.0. The summed E-state index contributed by atoms with van der Waals surface area (Å²) >= 11 is 0. The first-order valence-corrected chi connectivity index (χ1v) is 10.5. The summed E-state index contributed by atoms with van der Waals surface area (Å²) in [5, 5.41) is 7.09. The van der Waals surface area contributed by atoms with Crippen molar-refractivity contribution in [3.05, 3.63) is 40.7 Å². The Balaban J connectivity index is 1.83. The number of anilines is 1. The van der Waals surface area contributed by atoms with Gasteiger partial charge in [-0.25, -0.2) is 4.68 Å². The molecule has 0 spiro atoms. The van der Waals surface area contributed by atoms with Crippen molar-refractivity contribution < 1.29 is 27.5 Å². The molecule has 2 heterocycles. The number of fused-ring (bicyclic) bond motifs is 1. The number of primary amides is 1. The number of nitrogens with one attached hydrogen (secondary N) is 1. The molecule has 7 nitrogen and oxygen atoms in total. The van der Waals surface area contributed by atoms with Crippen LogP contribution in [0.15, 0.2) is 18.2 Å². The molecule has 172 valence electrons. The van der Waals surface area contributed by atoms with Crippen LogP contribution in [0.4, 0.5) is 18.9 Å². The Morgan fingerprint density at radius 1 is 1.25 bits per heavy atom. The van der Waals surface area contributed by atoms with Gasteiger partial charge in [-0.3, -0.25) is 9.59 Å². The first-order valence-electron chi connectivity index (χ1n) is 10.5. The van der Waals surface area contributed by atoms with Gasteiger partial charge in [0, 0.05) is 31.4 Å². The molecule has 1 fully saturated rings. The number of hydrogen-bond acceptors (Lipinski definition) is 5. The molecule has 1 aliphatic carbocycles. The molecule has 0 radical (unpaired) electrons. The third-order valence-electron chi connectivity index (χ3n) is 5.91. The van der Waals surface area contributed by atoms with Crippen molar-refractivity contribution in [1.29, 1.82) is 0 Å². The molecule has 1 aliphatic heterocycles. The molecule has 10 heteroatoms. The Kier molecular flexibility index (Phi) is 5.52. The smallest absolute Gasteiger partial charge is 0.381 e. The fraction of sp³-hybridized carbons (Fsp3) is 0.500. The van der Waals surface area contributed by atoms with Crippen LogP contribution < -0.4 is 11.1 Å². The molecular weight excluding hydrogens is 425 g/mol. The lowest BCUT2D eigenvalue weighted by Crippen LogP contribution is -2.29. The predicted octanol–water partition coefficient (Wildman–Crippen LogP) is 3.74. The molecule has 32 heavy (non-hydrogen) atoms. The van der Waals surface area contributed by atoms with Crippen LogP contribution in [-0.2, 0) is 17.3 Å². The van der Waals surface area contributed by atoms with Gasteiger partial charge in [0.2, 0.25) is 0 Å². The number of ether oxygens (including phenoxy) is 1.